The first-order valence-corrected chi connectivity index (χ1v) is 9.06. The third-order valence-electron chi connectivity index (χ3n) is 4.14. The predicted octanol–water partition coefficient (Wildman–Crippen LogP) is 6.65. The van der Waals surface area contributed by atoms with Crippen molar-refractivity contribution in [2.45, 2.75) is 0 Å². The molecule has 0 N–H and O–H groups in total. The van der Waals surface area contributed by atoms with Crippen LogP contribution in [0.1, 0.15) is 0 Å². The maximum Gasteiger partial charge on any atom is 0.136 e. The second-order valence-electron chi connectivity index (χ2n) is 5.96. The molecule has 0 saturated carbocycles. The van der Waals surface area contributed by atoms with E-state index in [1.54, 1.807) is 13.2 Å². The molecule has 1 aromatic heterocycles. The van der Waals surface area contributed by atoms with Gasteiger partial charge in [-0.1, -0.05) is 29.3 Å². The van der Waals surface area contributed by atoms with Crippen molar-refractivity contribution >= 4 is 39.9 Å². The number of nitrogens with zero attached hydrogens (tertiary/aromatic N) is 1. The van der Waals surface area contributed by atoms with Gasteiger partial charge in [0.15, 0.2) is 0 Å². The molecule has 5 heteroatoms. The molecule has 0 fully saturated rings. The Morgan fingerprint density at radius 1 is 0.852 bits per heavy atom. The van der Waals surface area contributed by atoms with Crippen molar-refractivity contribution in [1.82, 2.24) is 0 Å². The van der Waals surface area contributed by atoms with Gasteiger partial charge in [-0.2, -0.15) is 0 Å². The van der Waals surface area contributed by atoms with Crippen molar-refractivity contribution in [1.29, 1.82) is 0 Å². The normalized spacial score (nSPS) is 11.7. The quantitative estimate of drug-likeness (QED) is 0.389. The number of hydrogen-bond acceptors (Lipinski definition) is 3. The lowest BCUT2D eigenvalue weighted by atomic mass is 10.1. The van der Waals surface area contributed by atoms with Crippen LogP contribution in [0.2, 0.25) is 10.0 Å². The number of ether oxygens (including phenoxy) is 1. The van der Waals surface area contributed by atoms with Gasteiger partial charge in [0.1, 0.15) is 17.1 Å². The van der Waals surface area contributed by atoms with Crippen LogP contribution >= 0.6 is 23.2 Å². The van der Waals surface area contributed by atoms with E-state index in [2.05, 4.69) is 0 Å². The molecule has 0 spiro atoms. The highest BCUT2D eigenvalue weighted by atomic mass is 35.5. The van der Waals surface area contributed by atoms with E-state index >= 15 is 0 Å². The van der Waals surface area contributed by atoms with Gasteiger partial charge < -0.3 is 9.15 Å². The minimum Gasteiger partial charge on any atom is -0.497 e. The zero-order valence-corrected chi connectivity index (χ0v) is 16.0. The largest absolute Gasteiger partial charge is 0.497 e. The lowest BCUT2D eigenvalue weighted by molar-refractivity contribution is 0.415. The van der Waals surface area contributed by atoms with E-state index in [4.69, 9.17) is 37.3 Å². The first kappa shape index (κ1) is 17.7. The Morgan fingerprint density at radius 2 is 1.63 bits per heavy atom. The van der Waals surface area contributed by atoms with Crippen molar-refractivity contribution in [3.05, 3.63) is 88.2 Å². The summed E-state index contributed by atoms with van der Waals surface area (Å²) in [4.78, 5) is 4.76. The van der Waals surface area contributed by atoms with E-state index in [1.807, 2.05) is 66.7 Å². The minimum absolute atomic E-state index is 0.623. The molecule has 0 aliphatic carbocycles. The van der Waals surface area contributed by atoms with Gasteiger partial charge in [0.05, 0.1) is 18.2 Å². The van der Waals surface area contributed by atoms with Gasteiger partial charge in [-0.05, 0) is 60.7 Å². The summed E-state index contributed by atoms with van der Waals surface area (Å²) in [6.45, 7) is 0. The number of methoxy groups -OCH3 is 1. The second kappa shape index (κ2) is 7.47. The molecule has 3 aromatic carbocycles. The molecule has 0 unspecified atom stereocenters. The fourth-order valence-electron chi connectivity index (χ4n) is 2.82. The van der Waals surface area contributed by atoms with Crippen molar-refractivity contribution in [2.75, 3.05) is 7.11 Å². The van der Waals surface area contributed by atoms with Crippen molar-refractivity contribution in [3.8, 4) is 17.1 Å². The van der Waals surface area contributed by atoms with Crippen LogP contribution in [-0.2, 0) is 0 Å². The minimum atomic E-state index is 0.623. The van der Waals surface area contributed by atoms with Crippen LogP contribution < -0.4 is 10.1 Å². The smallest absolute Gasteiger partial charge is 0.136 e. The molecule has 0 radical (unpaired) electrons. The summed E-state index contributed by atoms with van der Waals surface area (Å²) >= 11 is 12.3. The number of halogens is 2. The number of hydrogen-bond donors (Lipinski definition) is 0. The Labute approximate surface area is 166 Å². The summed E-state index contributed by atoms with van der Waals surface area (Å²) in [7, 11) is 1.64. The van der Waals surface area contributed by atoms with Gasteiger partial charge >= 0.3 is 0 Å². The molecular weight excluding hydrogens is 381 g/mol. The summed E-state index contributed by atoms with van der Waals surface area (Å²) in [5.41, 5.74) is 2.39. The van der Waals surface area contributed by atoms with Gasteiger partial charge in [-0.15, -0.1) is 0 Å². The van der Waals surface area contributed by atoms with Crippen LogP contribution in [0, 0.1) is 0 Å². The molecule has 0 bridgehead atoms. The molecule has 3 nitrogen and oxygen atoms in total. The SMILES string of the molecule is COc1ccc(-c2cc(=Nc3cccc(Cl)c3)c3cc(Cl)ccc3o2)cc1. The van der Waals surface area contributed by atoms with E-state index in [-0.39, 0.29) is 0 Å². The number of rotatable bonds is 3. The lowest BCUT2D eigenvalue weighted by Crippen LogP contribution is -2.03. The van der Waals surface area contributed by atoms with E-state index in [0.29, 0.717) is 21.4 Å². The average molecular weight is 396 g/mol. The summed E-state index contributed by atoms with van der Waals surface area (Å²) < 4.78 is 11.3. The molecule has 27 heavy (non-hydrogen) atoms. The molecule has 0 saturated heterocycles. The monoisotopic (exact) mass is 395 g/mol. The zero-order chi connectivity index (χ0) is 18.8. The molecule has 4 rings (SSSR count). The van der Waals surface area contributed by atoms with Crippen LogP contribution in [0.25, 0.3) is 22.3 Å². The van der Waals surface area contributed by atoms with Crippen LogP contribution in [0.5, 0.6) is 5.75 Å². The van der Waals surface area contributed by atoms with Crippen molar-refractivity contribution < 1.29 is 9.15 Å². The predicted molar refractivity (Wildman–Crippen MR) is 110 cm³/mol. The van der Waals surface area contributed by atoms with E-state index in [9.17, 15) is 0 Å². The average Bonchev–Trinajstić information content (AvgIpc) is 2.68. The Kier molecular flexibility index (Phi) is 4.88. The summed E-state index contributed by atoms with van der Waals surface area (Å²) in [5, 5.41) is 2.85. The van der Waals surface area contributed by atoms with Gasteiger partial charge in [-0.25, -0.2) is 4.99 Å². The molecule has 1 heterocycles. The zero-order valence-electron chi connectivity index (χ0n) is 14.4. The molecule has 4 aromatic rings. The molecule has 0 amide bonds. The molecule has 0 aliphatic rings. The standard InChI is InChI=1S/C22H15Cl2NO2/c1-26-18-8-5-14(6-9-18)22-13-20(25-17-4-2-3-15(23)11-17)19-12-16(24)7-10-21(19)27-22/h2-13H,1H3. The lowest BCUT2D eigenvalue weighted by Gasteiger charge is -2.07. The topological polar surface area (TPSA) is 34.7 Å². The number of benzene rings is 3. The maximum absolute atomic E-state index is 6.19. The molecule has 134 valence electrons. The van der Waals surface area contributed by atoms with Gasteiger partial charge in [-0.3, -0.25) is 0 Å². The second-order valence-corrected chi connectivity index (χ2v) is 6.83. The van der Waals surface area contributed by atoms with Gasteiger partial charge in [0.25, 0.3) is 0 Å². The molecule has 0 aliphatic heterocycles. The summed E-state index contributed by atoms with van der Waals surface area (Å²) in [6, 6.07) is 22.5. The van der Waals surface area contributed by atoms with Gasteiger partial charge in [0.2, 0.25) is 0 Å². The Morgan fingerprint density at radius 3 is 2.37 bits per heavy atom. The van der Waals surface area contributed by atoms with E-state index in [0.717, 1.165) is 27.7 Å². The van der Waals surface area contributed by atoms with Crippen LogP contribution in [0.4, 0.5) is 5.69 Å². The number of fused-ring (bicyclic) bond motifs is 1. The van der Waals surface area contributed by atoms with E-state index < -0.39 is 0 Å². The maximum atomic E-state index is 6.19. The van der Waals surface area contributed by atoms with Crippen LogP contribution in [0.3, 0.4) is 0 Å². The highest BCUT2D eigenvalue weighted by molar-refractivity contribution is 6.31. The van der Waals surface area contributed by atoms with Crippen LogP contribution in [-0.4, -0.2) is 7.11 Å². The third-order valence-corrected chi connectivity index (χ3v) is 4.61. The first-order chi connectivity index (χ1) is 13.1. The van der Waals surface area contributed by atoms with E-state index in [1.165, 1.54) is 0 Å². The fraction of sp³-hybridized carbons (Fsp3) is 0.0455. The summed E-state index contributed by atoms with van der Waals surface area (Å²) in [5.74, 6) is 1.49. The summed E-state index contributed by atoms with van der Waals surface area (Å²) in [6.07, 6.45) is 0. The third kappa shape index (κ3) is 3.85. The fourth-order valence-corrected chi connectivity index (χ4v) is 3.17. The molecule has 0 atom stereocenters. The first-order valence-electron chi connectivity index (χ1n) is 8.30. The highest BCUT2D eigenvalue weighted by Crippen LogP contribution is 2.26. The van der Waals surface area contributed by atoms with Crippen molar-refractivity contribution in [3.63, 3.8) is 0 Å². The van der Waals surface area contributed by atoms with Crippen molar-refractivity contribution in [2.24, 2.45) is 4.99 Å². The Hall–Kier alpha value is -2.75. The van der Waals surface area contributed by atoms with Crippen LogP contribution in [0.15, 0.2) is 82.2 Å². The Bertz CT molecular complexity index is 1180. The Balaban J connectivity index is 1.96. The highest BCUT2D eigenvalue weighted by Gasteiger charge is 2.07. The van der Waals surface area contributed by atoms with Gasteiger partial charge in [0, 0.05) is 27.1 Å². The molecular formula is C22H15Cl2NO2.